The monoisotopic (exact) mass is 356 g/mol. The molecule has 1 fully saturated rings. The lowest BCUT2D eigenvalue weighted by Crippen LogP contribution is -2.58. The van der Waals surface area contributed by atoms with Crippen LogP contribution in [0.4, 0.5) is 0 Å². The van der Waals surface area contributed by atoms with Gasteiger partial charge in [0.1, 0.15) is 17.5 Å². The first-order chi connectivity index (χ1) is 12.5. The third kappa shape index (κ3) is 4.32. The van der Waals surface area contributed by atoms with Gasteiger partial charge in [0, 0.05) is 38.2 Å². The summed E-state index contributed by atoms with van der Waals surface area (Å²) in [5.41, 5.74) is -1.25. The molecule has 26 heavy (non-hydrogen) atoms. The maximum atomic E-state index is 12.5. The maximum absolute atomic E-state index is 12.5. The molecule has 0 aliphatic carbocycles. The van der Waals surface area contributed by atoms with E-state index in [0.717, 1.165) is 0 Å². The number of benzene rings is 1. The van der Waals surface area contributed by atoms with Gasteiger partial charge in [-0.1, -0.05) is 24.3 Å². The second kappa shape index (κ2) is 7.74. The number of nitrogens with zero attached hydrogens (tertiary/aromatic N) is 2. The first-order valence-corrected chi connectivity index (χ1v) is 8.83. The second-order valence-electron chi connectivity index (χ2n) is 6.86. The van der Waals surface area contributed by atoms with Crippen LogP contribution in [-0.2, 0) is 11.3 Å². The Balaban J connectivity index is 1.57. The Kier molecular flexibility index (Phi) is 5.42. The number of rotatable bonds is 5. The number of hydrogen-bond acceptors (Lipinski definition) is 4. The minimum Gasteiger partial charge on any atom is -0.487 e. The van der Waals surface area contributed by atoms with Crippen LogP contribution in [0.3, 0.4) is 0 Å². The highest BCUT2D eigenvalue weighted by Crippen LogP contribution is 2.26. The van der Waals surface area contributed by atoms with Gasteiger partial charge in [0.25, 0.3) is 5.56 Å². The summed E-state index contributed by atoms with van der Waals surface area (Å²) < 4.78 is 7.43. The van der Waals surface area contributed by atoms with Crippen molar-refractivity contribution in [1.82, 2.24) is 9.47 Å². The largest absolute Gasteiger partial charge is 0.487 e. The number of aliphatic hydroxyl groups is 1. The van der Waals surface area contributed by atoms with Gasteiger partial charge in [0.15, 0.2) is 0 Å². The Morgan fingerprint density at radius 2 is 1.96 bits per heavy atom. The number of para-hydroxylation sites is 1. The molecule has 2 atom stereocenters. The van der Waals surface area contributed by atoms with E-state index in [4.69, 9.17) is 4.74 Å². The molecule has 1 aliphatic rings. The predicted octanol–water partition coefficient (Wildman–Crippen LogP) is 1.67. The normalized spacial score (nSPS) is 22.8. The van der Waals surface area contributed by atoms with Crippen molar-refractivity contribution in [3.05, 3.63) is 65.1 Å². The van der Waals surface area contributed by atoms with Gasteiger partial charge in [0.05, 0.1) is 6.54 Å². The van der Waals surface area contributed by atoms with Gasteiger partial charge in [0.2, 0.25) is 5.91 Å². The molecular formula is C20H24N2O4. The molecule has 3 rings (SSSR count). The lowest BCUT2D eigenvalue weighted by molar-refractivity contribution is -0.146. The van der Waals surface area contributed by atoms with E-state index in [-0.39, 0.29) is 30.5 Å². The van der Waals surface area contributed by atoms with Crippen LogP contribution in [0.25, 0.3) is 0 Å². The minimum absolute atomic E-state index is 0.0702. The lowest BCUT2D eigenvalue weighted by atomic mass is 9.91. The van der Waals surface area contributed by atoms with Gasteiger partial charge in [-0.25, -0.2) is 0 Å². The molecule has 0 radical (unpaired) electrons. The van der Waals surface area contributed by atoms with Crippen LogP contribution >= 0.6 is 0 Å². The molecule has 0 bridgehead atoms. The van der Waals surface area contributed by atoms with Crippen LogP contribution in [0.15, 0.2) is 59.5 Å². The summed E-state index contributed by atoms with van der Waals surface area (Å²) in [6.45, 7) is 2.77. The third-order valence-corrected chi connectivity index (χ3v) is 4.71. The zero-order valence-corrected chi connectivity index (χ0v) is 14.9. The number of β-amino-alcohol motifs (C(OH)–C–C–N with tert-alkyl or cyclic N) is 1. The predicted molar refractivity (Wildman–Crippen MR) is 98.0 cm³/mol. The van der Waals surface area contributed by atoms with Crippen LogP contribution in [0.2, 0.25) is 0 Å². The molecule has 6 heteroatoms. The van der Waals surface area contributed by atoms with Crippen LogP contribution in [0, 0.1) is 0 Å². The number of likely N-dealkylation sites (tertiary alicyclic amines) is 1. The molecule has 1 N–H and O–H groups in total. The Hall–Kier alpha value is -2.60. The smallest absolute Gasteiger partial charge is 0.250 e. The minimum atomic E-state index is -1.13. The van der Waals surface area contributed by atoms with Crippen molar-refractivity contribution >= 4 is 5.91 Å². The van der Waals surface area contributed by atoms with Gasteiger partial charge in [-0.15, -0.1) is 0 Å². The lowest BCUT2D eigenvalue weighted by Gasteiger charge is -2.42. The summed E-state index contributed by atoms with van der Waals surface area (Å²) in [6.07, 6.45) is 2.08. The topological polar surface area (TPSA) is 71.8 Å². The van der Waals surface area contributed by atoms with Crippen LogP contribution in [-0.4, -0.2) is 45.3 Å². The fourth-order valence-electron chi connectivity index (χ4n) is 3.23. The molecule has 1 saturated heterocycles. The highest BCUT2D eigenvalue weighted by Gasteiger charge is 2.41. The molecule has 1 aromatic carbocycles. The van der Waals surface area contributed by atoms with E-state index in [0.29, 0.717) is 25.3 Å². The molecule has 6 nitrogen and oxygen atoms in total. The maximum Gasteiger partial charge on any atom is 0.250 e. The highest BCUT2D eigenvalue weighted by atomic mass is 16.5. The molecule has 0 unspecified atom stereocenters. The molecule has 138 valence electrons. The molecule has 1 aliphatic heterocycles. The van der Waals surface area contributed by atoms with Gasteiger partial charge < -0.3 is 19.3 Å². The summed E-state index contributed by atoms with van der Waals surface area (Å²) in [6, 6.07) is 14.3. The SMILES string of the molecule is C[C@]1(O)CN(C(=O)CCn2ccccc2=O)CC[C@@H]1Oc1ccccc1. The molecule has 2 heterocycles. The third-order valence-electron chi connectivity index (χ3n) is 4.71. The molecule has 0 spiro atoms. The van der Waals surface area contributed by atoms with E-state index in [1.807, 2.05) is 30.3 Å². The summed E-state index contributed by atoms with van der Waals surface area (Å²) in [4.78, 5) is 25.9. The number of amides is 1. The summed E-state index contributed by atoms with van der Waals surface area (Å²) in [7, 11) is 0. The van der Waals surface area contributed by atoms with E-state index in [2.05, 4.69) is 0 Å². The van der Waals surface area contributed by atoms with Crippen molar-refractivity contribution in [2.45, 2.75) is 38.0 Å². The van der Waals surface area contributed by atoms with Gasteiger partial charge in [-0.2, -0.15) is 0 Å². The molecular weight excluding hydrogens is 332 g/mol. The quantitative estimate of drug-likeness (QED) is 0.885. The number of hydrogen-bond donors (Lipinski definition) is 1. The van der Waals surface area contributed by atoms with E-state index in [1.54, 1.807) is 30.2 Å². The highest BCUT2D eigenvalue weighted by molar-refractivity contribution is 5.76. The summed E-state index contributed by atoms with van der Waals surface area (Å²) in [5.74, 6) is 0.639. The number of carbonyl (C=O) groups is 1. The van der Waals surface area contributed by atoms with Crippen molar-refractivity contribution < 1.29 is 14.6 Å². The van der Waals surface area contributed by atoms with Crippen LogP contribution in [0.1, 0.15) is 19.8 Å². The number of aryl methyl sites for hydroxylation is 1. The standard InChI is InChI=1S/C20H24N2O4/c1-20(25)15-22(13-10-17(20)26-16-7-3-2-4-8-16)19(24)11-14-21-12-6-5-9-18(21)23/h2-9,12,17,25H,10-11,13-15H2,1H3/t17-,20-/m0/s1. The number of piperidine rings is 1. The van der Waals surface area contributed by atoms with E-state index < -0.39 is 5.60 Å². The van der Waals surface area contributed by atoms with Crippen LogP contribution in [0.5, 0.6) is 5.75 Å². The Morgan fingerprint density at radius 3 is 2.65 bits per heavy atom. The van der Waals surface area contributed by atoms with E-state index in [9.17, 15) is 14.7 Å². The Bertz CT molecular complexity index is 801. The molecule has 1 aromatic heterocycles. The fraction of sp³-hybridized carbons (Fsp3) is 0.400. The Labute approximate surface area is 152 Å². The fourth-order valence-corrected chi connectivity index (χ4v) is 3.23. The van der Waals surface area contributed by atoms with E-state index >= 15 is 0 Å². The van der Waals surface area contributed by atoms with Crippen molar-refractivity contribution in [3.8, 4) is 5.75 Å². The zero-order valence-electron chi connectivity index (χ0n) is 14.9. The van der Waals surface area contributed by atoms with Crippen LogP contribution < -0.4 is 10.3 Å². The molecule has 0 saturated carbocycles. The summed E-state index contributed by atoms with van der Waals surface area (Å²) in [5, 5.41) is 10.8. The molecule has 1 amide bonds. The first kappa shape index (κ1) is 18.2. The van der Waals surface area contributed by atoms with E-state index in [1.165, 1.54) is 10.6 Å². The summed E-state index contributed by atoms with van der Waals surface area (Å²) >= 11 is 0. The average Bonchev–Trinajstić information content (AvgIpc) is 2.63. The first-order valence-electron chi connectivity index (χ1n) is 8.83. The Morgan fingerprint density at radius 1 is 1.23 bits per heavy atom. The average molecular weight is 356 g/mol. The second-order valence-corrected chi connectivity index (χ2v) is 6.86. The van der Waals surface area contributed by atoms with Gasteiger partial charge in [-0.3, -0.25) is 9.59 Å². The van der Waals surface area contributed by atoms with Crippen molar-refractivity contribution in [1.29, 1.82) is 0 Å². The van der Waals surface area contributed by atoms with Gasteiger partial charge in [-0.05, 0) is 25.1 Å². The number of ether oxygens (including phenoxy) is 1. The number of pyridine rings is 1. The van der Waals surface area contributed by atoms with Gasteiger partial charge >= 0.3 is 0 Å². The van der Waals surface area contributed by atoms with Crippen molar-refractivity contribution in [2.75, 3.05) is 13.1 Å². The number of aromatic nitrogens is 1. The number of carbonyl (C=O) groups excluding carboxylic acids is 1. The van der Waals surface area contributed by atoms with Crippen molar-refractivity contribution in [2.24, 2.45) is 0 Å². The molecule has 2 aromatic rings. The zero-order chi connectivity index (χ0) is 18.6. The van der Waals surface area contributed by atoms with Crippen molar-refractivity contribution in [3.63, 3.8) is 0 Å².